The average Bonchev–Trinajstić information content (AvgIpc) is 3.25. The summed E-state index contributed by atoms with van der Waals surface area (Å²) in [5, 5.41) is 8.04. The Labute approximate surface area is 185 Å². The van der Waals surface area contributed by atoms with Crippen molar-refractivity contribution in [3.8, 4) is 22.8 Å². The van der Waals surface area contributed by atoms with Gasteiger partial charge >= 0.3 is 0 Å². The van der Waals surface area contributed by atoms with Gasteiger partial charge in [-0.25, -0.2) is 9.67 Å². The fourth-order valence-corrected chi connectivity index (χ4v) is 3.35. The van der Waals surface area contributed by atoms with Crippen LogP contribution in [0, 0.1) is 0 Å². The topological polar surface area (TPSA) is 69.0 Å². The number of benzene rings is 3. The number of nitrogens with zero attached hydrogens (tertiary/aromatic N) is 3. The molecule has 1 N–H and O–H groups in total. The molecule has 0 atom stereocenters. The first-order valence-corrected chi connectivity index (χ1v) is 10.2. The van der Waals surface area contributed by atoms with Crippen molar-refractivity contribution in [1.29, 1.82) is 0 Å². The summed E-state index contributed by atoms with van der Waals surface area (Å²) in [7, 11) is 1.61. The van der Waals surface area contributed by atoms with Crippen molar-refractivity contribution in [1.82, 2.24) is 14.8 Å². The number of hydrogen-bond donors (Lipinski definition) is 1. The molecule has 7 heteroatoms. The zero-order chi connectivity index (χ0) is 21.8. The number of aromatic nitrogens is 3. The summed E-state index contributed by atoms with van der Waals surface area (Å²) in [5.74, 6) is 0.976. The number of carbonyl (C=O) groups is 1. The maximum Gasteiger partial charge on any atom is 0.295 e. The summed E-state index contributed by atoms with van der Waals surface area (Å²) in [6.07, 6.45) is 0.806. The minimum absolute atomic E-state index is 0.0756. The molecule has 0 saturated heterocycles. The molecule has 4 rings (SSSR count). The van der Waals surface area contributed by atoms with Crippen LogP contribution >= 0.6 is 11.6 Å². The van der Waals surface area contributed by atoms with Crippen molar-refractivity contribution < 1.29 is 9.53 Å². The van der Waals surface area contributed by atoms with Crippen LogP contribution in [-0.2, 0) is 6.42 Å². The molecule has 4 aromatic rings. The highest BCUT2D eigenvalue weighted by molar-refractivity contribution is 6.30. The molecule has 0 fully saturated rings. The van der Waals surface area contributed by atoms with Crippen molar-refractivity contribution in [2.75, 3.05) is 12.4 Å². The van der Waals surface area contributed by atoms with E-state index in [2.05, 4.69) is 15.4 Å². The van der Waals surface area contributed by atoms with Crippen LogP contribution in [0.4, 0.5) is 5.69 Å². The Balaban J connectivity index is 1.75. The first-order chi connectivity index (χ1) is 15.1. The lowest BCUT2D eigenvalue weighted by molar-refractivity contribution is 0.101. The summed E-state index contributed by atoms with van der Waals surface area (Å²) < 4.78 is 6.88. The smallest absolute Gasteiger partial charge is 0.295 e. The average molecular weight is 433 g/mol. The molecule has 0 radical (unpaired) electrons. The van der Waals surface area contributed by atoms with Gasteiger partial charge in [-0.2, -0.15) is 0 Å². The van der Waals surface area contributed by atoms with Gasteiger partial charge in [0, 0.05) is 16.3 Å². The van der Waals surface area contributed by atoms with E-state index < -0.39 is 0 Å². The summed E-state index contributed by atoms with van der Waals surface area (Å²) in [4.78, 5) is 17.5. The van der Waals surface area contributed by atoms with Crippen LogP contribution in [0.2, 0.25) is 5.02 Å². The minimum atomic E-state index is -0.372. The Morgan fingerprint density at radius 2 is 1.74 bits per heavy atom. The van der Waals surface area contributed by atoms with Gasteiger partial charge in [0.15, 0.2) is 5.82 Å². The zero-order valence-electron chi connectivity index (χ0n) is 17.2. The Bertz CT molecular complexity index is 1200. The van der Waals surface area contributed by atoms with Crippen LogP contribution in [0.1, 0.15) is 23.1 Å². The van der Waals surface area contributed by atoms with Crippen molar-refractivity contribution in [3.05, 3.63) is 89.2 Å². The van der Waals surface area contributed by atoms with Crippen molar-refractivity contribution in [3.63, 3.8) is 0 Å². The summed E-state index contributed by atoms with van der Waals surface area (Å²) in [6, 6.07) is 22.3. The lowest BCUT2D eigenvalue weighted by atomic mass is 10.1. The monoisotopic (exact) mass is 432 g/mol. The van der Waals surface area contributed by atoms with Crippen LogP contribution in [0.25, 0.3) is 17.1 Å². The van der Waals surface area contributed by atoms with Crippen LogP contribution < -0.4 is 10.1 Å². The molecule has 156 valence electrons. The number of methoxy groups -OCH3 is 1. The number of anilines is 1. The summed E-state index contributed by atoms with van der Waals surface area (Å²) >= 11 is 6.04. The van der Waals surface area contributed by atoms with Crippen LogP contribution in [0.3, 0.4) is 0 Å². The number of halogens is 1. The van der Waals surface area contributed by atoms with Gasteiger partial charge in [-0.1, -0.05) is 36.7 Å². The van der Waals surface area contributed by atoms with Gasteiger partial charge in [0.2, 0.25) is 5.82 Å². The van der Waals surface area contributed by atoms with Gasteiger partial charge in [-0.3, -0.25) is 4.79 Å². The molecule has 0 aliphatic rings. The third-order valence-electron chi connectivity index (χ3n) is 4.88. The second kappa shape index (κ2) is 9.02. The molecule has 0 spiro atoms. The number of para-hydroxylation sites is 1. The van der Waals surface area contributed by atoms with Crippen molar-refractivity contribution >= 4 is 23.2 Å². The normalized spacial score (nSPS) is 10.7. The SMILES string of the molecule is CCc1ccccc1NC(=O)c1nc(-c2ccc(OC)cc2)n(-c2ccc(Cl)cc2)n1. The quantitative estimate of drug-likeness (QED) is 0.442. The Hall–Kier alpha value is -3.64. The molecular weight excluding hydrogens is 412 g/mol. The van der Waals surface area contributed by atoms with E-state index in [1.54, 1.807) is 23.9 Å². The lowest BCUT2D eigenvalue weighted by Gasteiger charge is -2.07. The number of hydrogen-bond acceptors (Lipinski definition) is 4. The molecule has 1 aromatic heterocycles. The van der Waals surface area contributed by atoms with E-state index in [0.29, 0.717) is 10.8 Å². The van der Waals surface area contributed by atoms with E-state index in [4.69, 9.17) is 16.3 Å². The van der Waals surface area contributed by atoms with Gasteiger partial charge in [0.05, 0.1) is 12.8 Å². The molecule has 31 heavy (non-hydrogen) atoms. The standard InChI is InChI=1S/C24H21ClN4O2/c1-3-16-6-4-5-7-21(16)26-24(30)22-27-23(17-8-14-20(31-2)15-9-17)29(28-22)19-12-10-18(25)11-13-19/h4-15H,3H2,1-2H3,(H,26,30). The second-order valence-corrected chi connectivity index (χ2v) is 7.28. The number of aryl methyl sites for hydroxylation is 1. The van der Waals surface area contributed by atoms with E-state index in [-0.39, 0.29) is 11.7 Å². The van der Waals surface area contributed by atoms with Gasteiger partial charge in [-0.05, 0) is 66.6 Å². The first-order valence-electron chi connectivity index (χ1n) is 9.85. The van der Waals surface area contributed by atoms with E-state index in [9.17, 15) is 4.79 Å². The molecule has 0 bridgehead atoms. The summed E-state index contributed by atoms with van der Waals surface area (Å²) in [5.41, 5.74) is 3.35. The highest BCUT2D eigenvalue weighted by atomic mass is 35.5. The summed E-state index contributed by atoms with van der Waals surface area (Å²) in [6.45, 7) is 2.04. The van der Waals surface area contributed by atoms with Crippen LogP contribution in [0.5, 0.6) is 5.75 Å². The molecule has 1 heterocycles. The van der Waals surface area contributed by atoms with E-state index in [0.717, 1.165) is 34.7 Å². The third kappa shape index (κ3) is 4.44. The maximum absolute atomic E-state index is 13.0. The fourth-order valence-electron chi connectivity index (χ4n) is 3.23. The van der Waals surface area contributed by atoms with Crippen LogP contribution in [-0.4, -0.2) is 27.8 Å². The highest BCUT2D eigenvalue weighted by Gasteiger charge is 2.19. The first kappa shape index (κ1) is 20.6. The Morgan fingerprint density at radius 1 is 1.03 bits per heavy atom. The number of rotatable bonds is 6. The Kier molecular flexibility index (Phi) is 6.00. The van der Waals surface area contributed by atoms with Crippen molar-refractivity contribution in [2.45, 2.75) is 13.3 Å². The minimum Gasteiger partial charge on any atom is -0.497 e. The van der Waals surface area contributed by atoms with Crippen molar-refractivity contribution in [2.24, 2.45) is 0 Å². The number of carbonyl (C=O) groups excluding carboxylic acids is 1. The maximum atomic E-state index is 13.0. The van der Waals surface area contributed by atoms with Gasteiger partial charge in [0.1, 0.15) is 5.75 Å². The van der Waals surface area contributed by atoms with Gasteiger partial charge < -0.3 is 10.1 Å². The number of ether oxygens (including phenoxy) is 1. The van der Waals surface area contributed by atoms with Gasteiger partial charge in [0.25, 0.3) is 5.91 Å². The number of nitrogens with one attached hydrogen (secondary N) is 1. The lowest BCUT2D eigenvalue weighted by Crippen LogP contribution is -2.15. The zero-order valence-corrected chi connectivity index (χ0v) is 17.9. The second-order valence-electron chi connectivity index (χ2n) is 6.84. The third-order valence-corrected chi connectivity index (χ3v) is 5.13. The Morgan fingerprint density at radius 3 is 2.42 bits per heavy atom. The number of amides is 1. The van der Waals surface area contributed by atoms with E-state index in [1.165, 1.54) is 0 Å². The molecule has 3 aromatic carbocycles. The predicted octanol–water partition coefficient (Wildman–Crippen LogP) is 5.41. The molecule has 0 saturated carbocycles. The van der Waals surface area contributed by atoms with E-state index in [1.807, 2.05) is 67.6 Å². The fraction of sp³-hybridized carbons (Fsp3) is 0.125. The molecular formula is C24H21ClN4O2. The molecule has 0 aliphatic carbocycles. The molecule has 1 amide bonds. The van der Waals surface area contributed by atoms with E-state index >= 15 is 0 Å². The molecule has 0 unspecified atom stereocenters. The van der Waals surface area contributed by atoms with Gasteiger partial charge in [-0.15, -0.1) is 5.10 Å². The largest absolute Gasteiger partial charge is 0.497 e. The highest BCUT2D eigenvalue weighted by Crippen LogP contribution is 2.25. The van der Waals surface area contributed by atoms with Crippen LogP contribution in [0.15, 0.2) is 72.8 Å². The molecule has 6 nitrogen and oxygen atoms in total. The molecule has 0 aliphatic heterocycles. The predicted molar refractivity (Wildman–Crippen MR) is 122 cm³/mol.